The van der Waals surface area contributed by atoms with Crippen molar-refractivity contribution in [3.8, 4) is 34.1 Å². The summed E-state index contributed by atoms with van der Waals surface area (Å²) in [6, 6.07) is 16.6. The van der Waals surface area contributed by atoms with Crippen LogP contribution in [0.4, 0.5) is 0 Å². The fourth-order valence-corrected chi connectivity index (χ4v) is 6.57. The van der Waals surface area contributed by atoms with Gasteiger partial charge in [-0.15, -0.1) is 0 Å². The Balaban J connectivity index is 1.42. The average Bonchev–Trinajstić information content (AvgIpc) is 2.93. The number of piperidine rings is 1. The van der Waals surface area contributed by atoms with Gasteiger partial charge in [-0.05, 0) is 74.2 Å². The Bertz CT molecular complexity index is 1410. The van der Waals surface area contributed by atoms with Gasteiger partial charge in [0.2, 0.25) is 10.0 Å². The highest BCUT2D eigenvalue weighted by molar-refractivity contribution is 7.89. The quantitative estimate of drug-likeness (QED) is 0.349. The number of hydrogen-bond acceptors (Lipinski definition) is 7. The molecule has 3 aromatic rings. The number of sulfonamides is 1. The maximum atomic E-state index is 13.5. The average molecular weight is 540 g/mol. The van der Waals surface area contributed by atoms with Crippen molar-refractivity contribution in [1.29, 1.82) is 0 Å². The van der Waals surface area contributed by atoms with Crippen LogP contribution in [0.1, 0.15) is 35.7 Å². The molecular formula is C29H33NO7S. The highest BCUT2D eigenvalue weighted by Gasteiger charge is 2.33. The molecule has 0 N–H and O–H groups in total. The van der Waals surface area contributed by atoms with E-state index in [0.717, 1.165) is 16.9 Å². The largest absolute Gasteiger partial charge is 0.496 e. The molecule has 1 aliphatic rings. The summed E-state index contributed by atoms with van der Waals surface area (Å²) in [6.45, 7) is 3.68. The van der Waals surface area contributed by atoms with Gasteiger partial charge in [0.25, 0.3) is 0 Å². The standard InChI is InChI=1S/C29H33NO7S/c1-19-25(34-3)12-13-28(29(19)20(2)31)38(32,33)30-16-14-24(15-17-30)37-23-9-6-21(7-10-23)22-8-11-26(35-4)27(18-22)36-5/h6-13,18,24H,14-17H2,1-5H3. The molecule has 0 radical (unpaired) electrons. The summed E-state index contributed by atoms with van der Waals surface area (Å²) in [5.41, 5.74) is 2.70. The Morgan fingerprint density at radius 1 is 0.816 bits per heavy atom. The van der Waals surface area contributed by atoms with E-state index in [4.69, 9.17) is 18.9 Å². The summed E-state index contributed by atoms with van der Waals surface area (Å²) in [7, 11) is 0.859. The van der Waals surface area contributed by atoms with Crippen LogP contribution >= 0.6 is 0 Å². The van der Waals surface area contributed by atoms with E-state index in [0.29, 0.717) is 48.7 Å². The van der Waals surface area contributed by atoms with Gasteiger partial charge in [-0.25, -0.2) is 8.42 Å². The number of ether oxygens (including phenoxy) is 4. The second-order valence-electron chi connectivity index (χ2n) is 9.14. The van der Waals surface area contributed by atoms with Crippen LogP contribution in [0.15, 0.2) is 59.5 Å². The van der Waals surface area contributed by atoms with Gasteiger partial charge < -0.3 is 18.9 Å². The van der Waals surface area contributed by atoms with Crippen molar-refractivity contribution in [2.75, 3.05) is 34.4 Å². The highest BCUT2D eigenvalue weighted by Crippen LogP contribution is 2.34. The van der Waals surface area contributed by atoms with E-state index in [1.165, 1.54) is 24.4 Å². The minimum Gasteiger partial charge on any atom is -0.496 e. The molecule has 9 heteroatoms. The first-order chi connectivity index (χ1) is 18.2. The molecule has 1 aliphatic heterocycles. The summed E-state index contributed by atoms with van der Waals surface area (Å²) >= 11 is 0. The third-order valence-corrected chi connectivity index (χ3v) is 8.78. The number of nitrogens with zero attached hydrogens (tertiary/aromatic N) is 1. The van der Waals surface area contributed by atoms with Crippen molar-refractivity contribution >= 4 is 15.8 Å². The first kappa shape index (κ1) is 27.5. The first-order valence-electron chi connectivity index (χ1n) is 12.4. The monoisotopic (exact) mass is 539 g/mol. The van der Waals surface area contributed by atoms with E-state index in [1.807, 2.05) is 42.5 Å². The molecule has 1 fully saturated rings. The predicted molar refractivity (Wildman–Crippen MR) is 145 cm³/mol. The van der Waals surface area contributed by atoms with Crippen LogP contribution in [-0.4, -0.2) is 59.0 Å². The Morgan fingerprint density at radius 2 is 1.39 bits per heavy atom. The number of methoxy groups -OCH3 is 3. The second-order valence-corrected chi connectivity index (χ2v) is 11.0. The SMILES string of the molecule is COc1ccc(-c2ccc(OC3CCN(S(=O)(=O)c4ccc(OC)c(C)c4C(C)=O)CC3)cc2)cc1OC. The van der Waals surface area contributed by atoms with E-state index < -0.39 is 10.0 Å². The Hall–Kier alpha value is -3.56. The summed E-state index contributed by atoms with van der Waals surface area (Å²) in [5.74, 6) is 2.23. The molecule has 3 aromatic carbocycles. The van der Waals surface area contributed by atoms with Gasteiger partial charge in [-0.3, -0.25) is 4.79 Å². The lowest BCUT2D eigenvalue weighted by atomic mass is 10.0. The zero-order chi connectivity index (χ0) is 27.4. The summed E-state index contributed by atoms with van der Waals surface area (Å²) in [5, 5.41) is 0. The van der Waals surface area contributed by atoms with Crippen molar-refractivity contribution in [3.05, 3.63) is 65.7 Å². The number of rotatable bonds is 9. The van der Waals surface area contributed by atoms with E-state index >= 15 is 0 Å². The van der Waals surface area contributed by atoms with E-state index in [1.54, 1.807) is 27.2 Å². The van der Waals surface area contributed by atoms with Crippen LogP contribution in [0.2, 0.25) is 0 Å². The molecular weight excluding hydrogens is 506 g/mol. The Morgan fingerprint density at radius 3 is 1.97 bits per heavy atom. The fraction of sp³-hybridized carbons (Fsp3) is 0.345. The predicted octanol–water partition coefficient (Wildman–Crippen LogP) is 5.12. The molecule has 0 unspecified atom stereocenters. The van der Waals surface area contributed by atoms with Crippen molar-refractivity contribution < 1.29 is 32.2 Å². The van der Waals surface area contributed by atoms with Gasteiger partial charge in [-0.2, -0.15) is 4.31 Å². The Labute approximate surface area is 224 Å². The van der Waals surface area contributed by atoms with Crippen LogP contribution in [0.5, 0.6) is 23.0 Å². The van der Waals surface area contributed by atoms with Crippen molar-refractivity contribution in [3.63, 3.8) is 0 Å². The second kappa shape index (κ2) is 11.4. The molecule has 0 amide bonds. The summed E-state index contributed by atoms with van der Waals surface area (Å²) in [6.07, 6.45) is 0.973. The van der Waals surface area contributed by atoms with E-state index in [9.17, 15) is 13.2 Å². The molecule has 0 aromatic heterocycles. The van der Waals surface area contributed by atoms with Gasteiger partial charge in [0, 0.05) is 24.2 Å². The topological polar surface area (TPSA) is 91.4 Å². The number of benzene rings is 3. The lowest BCUT2D eigenvalue weighted by Crippen LogP contribution is -2.42. The molecule has 0 spiro atoms. The van der Waals surface area contributed by atoms with Crippen LogP contribution in [0.3, 0.4) is 0 Å². The van der Waals surface area contributed by atoms with Gasteiger partial charge in [0.05, 0.1) is 26.2 Å². The van der Waals surface area contributed by atoms with Crippen LogP contribution in [0, 0.1) is 6.92 Å². The maximum absolute atomic E-state index is 13.5. The molecule has 0 atom stereocenters. The molecule has 1 saturated heterocycles. The normalized spacial score (nSPS) is 14.7. The first-order valence-corrected chi connectivity index (χ1v) is 13.8. The molecule has 4 rings (SSSR count). The van der Waals surface area contributed by atoms with Crippen LogP contribution < -0.4 is 18.9 Å². The number of carbonyl (C=O) groups is 1. The van der Waals surface area contributed by atoms with E-state index in [2.05, 4.69) is 0 Å². The molecule has 1 heterocycles. The summed E-state index contributed by atoms with van der Waals surface area (Å²) < 4.78 is 50.5. The number of ketones is 1. The van der Waals surface area contributed by atoms with Gasteiger partial charge in [0.15, 0.2) is 17.3 Å². The third kappa shape index (κ3) is 5.49. The number of Topliss-reactive ketones (excluding diaryl/α,β-unsaturated/α-hetero) is 1. The van der Waals surface area contributed by atoms with Crippen molar-refractivity contribution in [2.45, 2.75) is 37.7 Å². The molecule has 0 bridgehead atoms. The molecule has 202 valence electrons. The van der Waals surface area contributed by atoms with Gasteiger partial charge in [0.1, 0.15) is 17.6 Å². The molecule has 8 nitrogen and oxygen atoms in total. The fourth-order valence-electron chi connectivity index (χ4n) is 4.80. The molecule has 38 heavy (non-hydrogen) atoms. The summed E-state index contributed by atoms with van der Waals surface area (Å²) in [4.78, 5) is 12.4. The molecule has 0 aliphatic carbocycles. The lowest BCUT2D eigenvalue weighted by molar-refractivity contribution is 0.101. The van der Waals surface area contributed by atoms with Crippen molar-refractivity contribution in [1.82, 2.24) is 4.31 Å². The van der Waals surface area contributed by atoms with Crippen LogP contribution in [0.25, 0.3) is 11.1 Å². The molecule has 0 saturated carbocycles. The Kier molecular flexibility index (Phi) is 8.28. The number of carbonyl (C=O) groups excluding carboxylic acids is 1. The zero-order valence-electron chi connectivity index (χ0n) is 22.3. The lowest BCUT2D eigenvalue weighted by Gasteiger charge is -2.32. The van der Waals surface area contributed by atoms with Crippen LogP contribution in [-0.2, 0) is 10.0 Å². The van der Waals surface area contributed by atoms with Gasteiger partial charge in [-0.1, -0.05) is 18.2 Å². The van der Waals surface area contributed by atoms with Gasteiger partial charge >= 0.3 is 0 Å². The van der Waals surface area contributed by atoms with Crippen molar-refractivity contribution in [2.24, 2.45) is 0 Å². The smallest absolute Gasteiger partial charge is 0.243 e. The maximum Gasteiger partial charge on any atom is 0.243 e. The highest BCUT2D eigenvalue weighted by atomic mass is 32.2. The third-order valence-electron chi connectivity index (χ3n) is 6.84. The minimum absolute atomic E-state index is 0.0217. The zero-order valence-corrected chi connectivity index (χ0v) is 23.1. The van der Waals surface area contributed by atoms with E-state index in [-0.39, 0.29) is 22.3 Å². The minimum atomic E-state index is -3.85. The number of hydrogen-bond donors (Lipinski definition) is 0.